The van der Waals surface area contributed by atoms with Gasteiger partial charge in [-0.15, -0.1) is 0 Å². The fraction of sp³-hybridized carbons (Fsp3) is 0.615. The van der Waals surface area contributed by atoms with Crippen molar-refractivity contribution < 1.29 is 19.1 Å². The lowest BCUT2D eigenvalue weighted by atomic mass is 10.2. The van der Waals surface area contributed by atoms with Gasteiger partial charge in [-0.1, -0.05) is 0 Å². The Morgan fingerprint density at radius 2 is 2.21 bits per heavy atom. The number of hydrogen-bond donors (Lipinski definition) is 2. The summed E-state index contributed by atoms with van der Waals surface area (Å²) in [6, 6.07) is 1.69. The summed E-state index contributed by atoms with van der Waals surface area (Å²) in [4.78, 5) is 13.2. The summed E-state index contributed by atoms with van der Waals surface area (Å²) >= 11 is 0. The van der Waals surface area contributed by atoms with E-state index in [0.29, 0.717) is 12.1 Å². The molecule has 0 aliphatic carbocycles. The summed E-state index contributed by atoms with van der Waals surface area (Å²) in [5, 5.41) is 12.1. The molecule has 0 unspecified atom stereocenters. The van der Waals surface area contributed by atoms with Crippen molar-refractivity contribution in [2.45, 2.75) is 13.0 Å². The molecule has 0 atom stereocenters. The first-order valence-electron chi connectivity index (χ1n) is 6.58. The van der Waals surface area contributed by atoms with Gasteiger partial charge in [0.15, 0.2) is 0 Å². The summed E-state index contributed by atoms with van der Waals surface area (Å²) in [6.45, 7) is 6.10. The predicted molar refractivity (Wildman–Crippen MR) is 69.3 cm³/mol. The molecule has 0 saturated carbocycles. The molecule has 1 saturated heterocycles. The highest BCUT2D eigenvalue weighted by atomic mass is 16.5. The maximum atomic E-state index is 10.8. The van der Waals surface area contributed by atoms with Crippen LogP contribution in [0.15, 0.2) is 16.7 Å². The van der Waals surface area contributed by atoms with Gasteiger partial charge < -0.3 is 19.6 Å². The molecule has 1 aromatic rings. The van der Waals surface area contributed by atoms with Crippen molar-refractivity contribution in [1.82, 2.24) is 10.2 Å². The van der Waals surface area contributed by atoms with Gasteiger partial charge >= 0.3 is 5.97 Å². The van der Waals surface area contributed by atoms with E-state index in [-0.39, 0.29) is 5.76 Å². The average Bonchev–Trinajstić information content (AvgIpc) is 2.88. The molecule has 2 N–H and O–H groups in total. The Morgan fingerprint density at radius 3 is 2.95 bits per heavy atom. The van der Waals surface area contributed by atoms with E-state index in [9.17, 15) is 4.79 Å². The fourth-order valence-corrected chi connectivity index (χ4v) is 2.14. The topological polar surface area (TPSA) is 74.9 Å². The molecule has 6 heteroatoms. The highest BCUT2D eigenvalue weighted by molar-refractivity contribution is 5.86. The Hall–Kier alpha value is -1.37. The molecule has 6 nitrogen and oxygen atoms in total. The molecule has 1 aliphatic heterocycles. The standard InChI is InChI=1S/C13H20N2O4/c16-13(17)12-11(2-7-19-12)10-14-3-1-4-15-5-8-18-9-6-15/h2,7,14H,1,3-6,8-10H2,(H,16,17). The van der Waals surface area contributed by atoms with Crippen molar-refractivity contribution in [2.75, 3.05) is 39.4 Å². The summed E-state index contributed by atoms with van der Waals surface area (Å²) in [5.41, 5.74) is 0.693. The largest absolute Gasteiger partial charge is 0.475 e. The minimum atomic E-state index is -1.02. The molecule has 0 radical (unpaired) electrons. The number of carboxylic acids is 1. The van der Waals surface area contributed by atoms with Crippen LogP contribution in [-0.2, 0) is 11.3 Å². The molecule has 2 rings (SSSR count). The van der Waals surface area contributed by atoms with Crippen LogP contribution in [0.5, 0.6) is 0 Å². The Bertz CT molecular complexity index is 399. The third-order valence-electron chi connectivity index (χ3n) is 3.19. The zero-order valence-corrected chi connectivity index (χ0v) is 10.9. The van der Waals surface area contributed by atoms with Crippen molar-refractivity contribution in [2.24, 2.45) is 0 Å². The predicted octanol–water partition coefficient (Wildman–Crippen LogP) is 0.790. The SMILES string of the molecule is O=C(O)c1occc1CNCCCN1CCOCC1. The van der Waals surface area contributed by atoms with Crippen molar-refractivity contribution >= 4 is 5.97 Å². The number of carbonyl (C=O) groups is 1. The third-order valence-corrected chi connectivity index (χ3v) is 3.19. The lowest BCUT2D eigenvalue weighted by molar-refractivity contribution is 0.0374. The van der Waals surface area contributed by atoms with Gasteiger partial charge in [0.1, 0.15) is 0 Å². The Balaban J connectivity index is 1.61. The van der Waals surface area contributed by atoms with E-state index < -0.39 is 5.97 Å². The van der Waals surface area contributed by atoms with Gasteiger partial charge in [0.05, 0.1) is 19.5 Å². The monoisotopic (exact) mass is 268 g/mol. The van der Waals surface area contributed by atoms with Crippen LogP contribution in [0.1, 0.15) is 22.5 Å². The first-order valence-corrected chi connectivity index (χ1v) is 6.58. The number of hydrogen-bond acceptors (Lipinski definition) is 5. The quantitative estimate of drug-likeness (QED) is 0.712. The first-order chi connectivity index (χ1) is 9.27. The van der Waals surface area contributed by atoms with Gasteiger partial charge in [0, 0.05) is 25.2 Å². The molecule has 0 aromatic carbocycles. The Kier molecular flexibility index (Phi) is 5.38. The lowest BCUT2D eigenvalue weighted by Crippen LogP contribution is -2.37. The molecule has 1 aliphatic rings. The number of morpholine rings is 1. The van der Waals surface area contributed by atoms with Crippen LogP contribution in [0, 0.1) is 0 Å². The van der Waals surface area contributed by atoms with Crippen LogP contribution >= 0.6 is 0 Å². The van der Waals surface area contributed by atoms with E-state index in [2.05, 4.69) is 10.2 Å². The number of carboxylic acid groups (broad SMARTS) is 1. The van der Waals surface area contributed by atoms with E-state index in [1.54, 1.807) is 6.07 Å². The molecule has 1 fully saturated rings. The molecular weight excluding hydrogens is 248 g/mol. The second kappa shape index (κ2) is 7.28. The smallest absolute Gasteiger partial charge is 0.372 e. The lowest BCUT2D eigenvalue weighted by Gasteiger charge is -2.26. The van der Waals surface area contributed by atoms with Gasteiger partial charge in [0.2, 0.25) is 5.76 Å². The van der Waals surface area contributed by atoms with Crippen LogP contribution in [0.4, 0.5) is 0 Å². The number of aromatic carboxylic acids is 1. The summed E-state index contributed by atoms with van der Waals surface area (Å²) in [6.07, 6.45) is 2.45. The number of ether oxygens (including phenoxy) is 1. The van der Waals surface area contributed by atoms with Gasteiger partial charge in [-0.25, -0.2) is 4.79 Å². The van der Waals surface area contributed by atoms with Crippen LogP contribution in [0.2, 0.25) is 0 Å². The van der Waals surface area contributed by atoms with Gasteiger partial charge in [-0.2, -0.15) is 0 Å². The number of nitrogens with one attached hydrogen (secondary N) is 1. The number of rotatable bonds is 7. The van der Waals surface area contributed by atoms with E-state index in [1.165, 1.54) is 6.26 Å². The maximum absolute atomic E-state index is 10.8. The second-order valence-electron chi connectivity index (χ2n) is 4.56. The van der Waals surface area contributed by atoms with Gasteiger partial charge in [-0.05, 0) is 25.6 Å². The molecule has 1 aromatic heterocycles. The Labute approximate surface area is 112 Å². The molecule has 106 valence electrons. The Morgan fingerprint density at radius 1 is 1.42 bits per heavy atom. The van der Waals surface area contributed by atoms with E-state index in [4.69, 9.17) is 14.3 Å². The normalized spacial score (nSPS) is 16.6. The molecule has 2 heterocycles. The van der Waals surface area contributed by atoms with E-state index in [1.807, 2.05) is 0 Å². The van der Waals surface area contributed by atoms with E-state index in [0.717, 1.165) is 45.8 Å². The molecule has 0 amide bonds. The zero-order valence-electron chi connectivity index (χ0n) is 10.9. The number of nitrogens with zero attached hydrogens (tertiary/aromatic N) is 1. The summed E-state index contributed by atoms with van der Waals surface area (Å²) in [7, 11) is 0. The van der Waals surface area contributed by atoms with Crippen molar-refractivity contribution in [3.8, 4) is 0 Å². The molecular formula is C13H20N2O4. The van der Waals surface area contributed by atoms with Crippen molar-refractivity contribution in [3.05, 3.63) is 23.7 Å². The highest BCUT2D eigenvalue weighted by Gasteiger charge is 2.13. The van der Waals surface area contributed by atoms with Crippen LogP contribution in [0.25, 0.3) is 0 Å². The summed E-state index contributed by atoms with van der Waals surface area (Å²) < 4.78 is 10.2. The van der Waals surface area contributed by atoms with Crippen molar-refractivity contribution in [3.63, 3.8) is 0 Å². The van der Waals surface area contributed by atoms with Crippen LogP contribution in [-0.4, -0.2) is 55.4 Å². The fourth-order valence-electron chi connectivity index (χ4n) is 2.14. The minimum Gasteiger partial charge on any atom is -0.475 e. The number of furan rings is 1. The van der Waals surface area contributed by atoms with Gasteiger partial charge in [0.25, 0.3) is 0 Å². The average molecular weight is 268 g/mol. The minimum absolute atomic E-state index is 0.0284. The van der Waals surface area contributed by atoms with Gasteiger partial charge in [-0.3, -0.25) is 4.90 Å². The summed E-state index contributed by atoms with van der Waals surface area (Å²) in [5.74, 6) is -0.990. The van der Waals surface area contributed by atoms with Crippen LogP contribution in [0.3, 0.4) is 0 Å². The van der Waals surface area contributed by atoms with Crippen molar-refractivity contribution in [1.29, 1.82) is 0 Å². The van der Waals surface area contributed by atoms with E-state index >= 15 is 0 Å². The van der Waals surface area contributed by atoms with Crippen LogP contribution < -0.4 is 5.32 Å². The molecule has 0 bridgehead atoms. The highest BCUT2D eigenvalue weighted by Crippen LogP contribution is 2.09. The first kappa shape index (κ1) is 14.0. The zero-order chi connectivity index (χ0) is 13.5. The molecule has 0 spiro atoms. The second-order valence-corrected chi connectivity index (χ2v) is 4.56. The maximum Gasteiger partial charge on any atom is 0.372 e. The third kappa shape index (κ3) is 4.34. The molecule has 19 heavy (non-hydrogen) atoms.